The van der Waals surface area contributed by atoms with Crippen LogP contribution in [0.4, 0.5) is 10.5 Å². The van der Waals surface area contributed by atoms with E-state index < -0.39 is 6.09 Å². The van der Waals surface area contributed by atoms with Gasteiger partial charge in [0.25, 0.3) is 0 Å². The average Bonchev–Trinajstić information content (AvgIpc) is 2.27. The van der Waals surface area contributed by atoms with Crippen molar-refractivity contribution >= 4 is 11.8 Å². The SMILES string of the molecule is COc1cc(OC)cc(N(C)C(=O)O)c1. The van der Waals surface area contributed by atoms with Gasteiger partial charge in [0.1, 0.15) is 11.5 Å². The van der Waals surface area contributed by atoms with Crippen LogP contribution in [-0.2, 0) is 0 Å². The molecule has 82 valence electrons. The number of hydrogen-bond donors (Lipinski definition) is 1. The van der Waals surface area contributed by atoms with Crippen LogP contribution in [0.3, 0.4) is 0 Å². The second-order valence-electron chi connectivity index (χ2n) is 2.91. The zero-order valence-electron chi connectivity index (χ0n) is 8.85. The van der Waals surface area contributed by atoms with Gasteiger partial charge in [-0.2, -0.15) is 0 Å². The number of benzene rings is 1. The lowest BCUT2D eigenvalue weighted by Crippen LogP contribution is -2.23. The van der Waals surface area contributed by atoms with Gasteiger partial charge in [-0.15, -0.1) is 0 Å². The lowest BCUT2D eigenvalue weighted by Gasteiger charge is -2.15. The Morgan fingerprint density at radius 3 is 2.00 bits per heavy atom. The van der Waals surface area contributed by atoms with Crippen LogP contribution in [0, 0.1) is 0 Å². The van der Waals surface area contributed by atoms with Crippen molar-refractivity contribution in [2.45, 2.75) is 0 Å². The first-order valence-corrected chi connectivity index (χ1v) is 4.28. The summed E-state index contributed by atoms with van der Waals surface area (Å²) in [5.41, 5.74) is 0.499. The molecular weight excluding hydrogens is 198 g/mol. The highest BCUT2D eigenvalue weighted by atomic mass is 16.5. The summed E-state index contributed by atoms with van der Waals surface area (Å²) in [6.45, 7) is 0. The summed E-state index contributed by atoms with van der Waals surface area (Å²) in [7, 11) is 4.48. The van der Waals surface area contributed by atoms with Crippen LogP contribution >= 0.6 is 0 Å². The molecule has 0 aromatic heterocycles. The second-order valence-corrected chi connectivity index (χ2v) is 2.91. The van der Waals surface area contributed by atoms with Crippen molar-refractivity contribution in [1.82, 2.24) is 0 Å². The highest BCUT2D eigenvalue weighted by Crippen LogP contribution is 2.27. The summed E-state index contributed by atoms with van der Waals surface area (Å²) in [5, 5.41) is 8.81. The van der Waals surface area contributed by atoms with Gasteiger partial charge in [-0.1, -0.05) is 0 Å². The van der Waals surface area contributed by atoms with Gasteiger partial charge in [-0.3, -0.25) is 4.90 Å². The van der Waals surface area contributed by atoms with Gasteiger partial charge in [0, 0.05) is 25.2 Å². The zero-order valence-corrected chi connectivity index (χ0v) is 8.85. The number of carbonyl (C=O) groups is 1. The average molecular weight is 211 g/mol. The Hall–Kier alpha value is -1.91. The molecule has 15 heavy (non-hydrogen) atoms. The van der Waals surface area contributed by atoms with E-state index >= 15 is 0 Å². The number of anilines is 1. The van der Waals surface area contributed by atoms with Gasteiger partial charge in [-0.05, 0) is 0 Å². The summed E-state index contributed by atoms with van der Waals surface area (Å²) in [5.74, 6) is 1.11. The monoisotopic (exact) mass is 211 g/mol. The Morgan fingerprint density at radius 1 is 1.20 bits per heavy atom. The summed E-state index contributed by atoms with van der Waals surface area (Å²) >= 11 is 0. The van der Waals surface area contributed by atoms with Gasteiger partial charge in [0.05, 0.1) is 19.9 Å². The molecule has 0 saturated heterocycles. The molecule has 0 aliphatic rings. The lowest BCUT2D eigenvalue weighted by molar-refractivity contribution is 0.203. The maximum absolute atomic E-state index is 10.7. The molecule has 1 amide bonds. The van der Waals surface area contributed by atoms with Crippen molar-refractivity contribution in [2.24, 2.45) is 0 Å². The molecule has 0 heterocycles. The van der Waals surface area contributed by atoms with E-state index in [9.17, 15) is 4.79 Å². The van der Waals surface area contributed by atoms with Crippen LogP contribution in [0.5, 0.6) is 11.5 Å². The number of methoxy groups -OCH3 is 2. The summed E-state index contributed by atoms with van der Waals surface area (Å²) in [4.78, 5) is 11.8. The maximum atomic E-state index is 10.7. The van der Waals surface area contributed by atoms with E-state index in [1.807, 2.05) is 0 Å². The molecule has 0 fully saturated rings. The van der Waals surface area contributed by atoms with Crippen molar-refractivity contribution < 1.29 is 19.4 Å². The molecule has 0 atom stereocenters. The molecule has 1 N–H and O–H groups in total. The molecule has 5 heteroatoms. The van der Waals surface area contributed by atoms with Gasteiger partial charge in [0.15, 0.2) is 0 Å². The molecule has 1 aromatic rings. The van der Waals surface area contributed by atoms with E-state index in [4.69, 9.17) is 14.6 Å². The molecule has 0 aliphatic heterocycles. The van der Waals surface area contributed by atoms with Gasteiger partial charge in [-0.25, -0.2) is 4.79 Å². The van der Waals surface area contributed by atoms with Crippen molar-refractivity contribution in [2.75, 3.05) is 26.2 Å². The number of amides is 1. The van der Waals surface area contributed by atoms with Crippen LogP contribution in [0.15, 0.2) is 18.2 Å². The number of ether oxygens (including phenoxy) is 2. The van der Waals surface area contributed by atoms with Crippen LogP contribution < -0.4 is 14.4 Å². The number of hydrogen-bond acceptors (Lipinski definition) is 3. The van der Waals surface area contributed by atoms with E-state index in [2.05, 4.69) is 0 Å². The zero-order chi connectivity index (χ0) is 11.4. The number of nitrogens with zero attached hydrogens (tertiary/aromatic N) is 1. The standard InChI is InChI=1S/C10H13NO4/c1-11(10(12)13)7-4-8(14-2)6-9(5-7)15-3/h4-6H,1-3H3,(H,12,13). The number of carboxylic acid groups (broad SMARTS) is 1. The summed E-state index contributed by atoms with van der Waals surface area (Å²) in [6.07, 6.45) is -1.04. The quantitative estimate of drug-likeness (QED) is 0.828. The van der Waals surface area contributed by atoms with Gasteiger partial charge < -0.3 is 14.6 Å². The fourth-order valence-corrected chi connectivity index (χ4v) is 1.10. The van der Waals surface area contributed by atoms with E-state index in [-0.39, 0.29) is 0 Å². The van der Waals surface area contributed by atoms with Gasteiger partial charge >= 0.3 is 6.09 Å². The Morgan fingerprint density at radius 2 is 1.67 bits per heavy atom. The van der Waals surface area contributed by atoms with Crippen molar-refractivity contribution in [3.8, 4) is 11.5 Å². The molecule has 0 spiro atoms. The molecule has 0 radical (unpaired) electrons. The minimum atomic E-state index is -1.04. The fraction of sp³-hybridized carbons (Fsp3) is 0.300. The first kappa shape index (κ1) is 11.2. The van der Waals surface area contributed by atoms with Crippen LogP contribution in [-0.4, -0.2) is 32.5 Å². The van der Waals surface area contributed by atoms with Gasteiger partial charge in [0.2, 0.25) is 0 Å². The Balaban J connectivity index is 3.11. The Bertz CT molecular complexity index is 342. The van der Waals surface area contributed by atoms with Crippen molar-refractivity contribution in [3.63, 3.8) is 0 Å². The molecule has 0 saturated carbocycles. The molecule has 0 unspecified atom stereocenters. The molecular formula is C10H13NO4. The third kappa shape index (κ3) is 2.52. The lowest BCUT2D eigenvalue weighted by atomic mass is 10.2. The smallest absolute Gasteiger partial charge is 0.411 e. The van der Waals surface area contributed by atoms with E-state index in [0.29, 0.717) is 17.2 Å². The van der Waals surface area contributed by atoms with E-state index in [0.717, 1.165) is 4.90 Å². The summed E-state index contributed by atoms with van der Waals surface area (Å²) in [6, 6.07) is 4.92. The maximum Gasteiger partial charge on any atom is 0.411 e. The molecule has 1 aromatic carbocycles. The molecule has 1 rings (SSSR count). The first-order chi connectivity index (χ1) is 7.08. The highest BCUT2D eigenvalue weighted by Gasteiger charge is 2.11. The first-order valence-electron chi connectivity index (χ1n) is 4.28. The Labute approximate surface area is 87.8 Å². The molecule has 0 aliphatic carbocycles. The minimum absolute atomic E-state index is 0.499. The Kier molecular flexibility index (Phi) is 3.38. The number of rotatable bonds is 3. The predicted molar refractivity (Wildman–Crippen MR) is 56.0 cm³/mol. The molecule has 5 nitrogen and oxygen atoms in total. The minimum Gasteiger partial charge on any atom is -0.497 e. The second kappa shape index (κ2) is 4.54. The normalized spacial score (nSPS) is 9.53. The predicted octanol–water partition coefficient (Wildman–Crippen LogP) is 1.82. The van der Waals surface area contributed by atoms with E-state index in [1.165, 1.54) is 21.3 Å². The van der Waals surface area contributed by atoms with Crippen LogP contribution in [0.25, 0.3) is 0 Å². The van der Waals surface area contributed by atoms with Crippen molar-refractivity contribution in [3.05, 3.63) is 18.2 Å². The van der Waals surface area contributed by atoms with Crippen LogP contribution in [0.1, 0.15) is 0 Å². The third-order valence-electron chi connectivity index (χ3n) is 2.01. The highest BCUT2D eigenvalue weighted by molar-refractivity contribution is 5.86. The summed E-state index contributed by atoms with van der Waals surface area (Å²) < 4.78 is 10.1. The van der Waals surface area contributed by atoms with Crippen molar-refractivity contribution in [1.29, 1.82) is 0 Å². The van der Waals surface area contributed by atoms with E-state index in [1.54, 1.807) is 18.2 Å². The van der Waals surface area contributed by atoms with Crippen LogP contribution in [0.2, 0.25) is 0 Å². The fourth-order valence-electron chi connectivity index (χ4n) is 1.10. The topological polar surface area (TPSA) is 59.0 Å². The third-order valence-corrected chi connectivity index (χ3v) is 2.01. The largest absolute Gasteiger partial charge is 0.497 e. The molecule has 0 bridgehead atoms.